The predicted molar refractivity (Wildman–Crippen MR) is 67.2 cm³/mol. The van der Waals surface area contributed by atoms with Crippen molar-refractivity contribution in [3.8, 4) is 0 Å². The van der Waals surface area contributed by atoms with E-state index in [1.165, 1.54) is 10.5 Å². The van der Waals surface area contributed by atoms with Crippen molar-refractivity contribution in [1.29, 1.82) is 0 Å². The molecule has 1 aromatic heterocycles. The van der Waals surface area contributed by atoms with Crippen molar-refractivity contribution in [1.82, 2.24) is 9.29 Å². The van der Waals surface area contributed by atoms with Crippen molar-refractivity contribution < 1.29 is 13.6 Å². The Balaban J connectivity index is 2.35. The van der Waals surface area contributed by atoms with Crippen LogP contribution in [0.2, 0.25) is 0 Å². The highest BCUT2D eigenvalue weighted by molar-refractivity contribution is 7.91. The summed E-state index contributed by atoms with van der Waals surface area (Å²) in [6.07, 6.45) is 2.60. The number of rotatable bonds is 3. The highest BCUT2D eigenvalue weighted by Crippen LogP contribution is 2.28. The molecule has 1 aromatic rings. The fourth-order valence-electron chi connectivity index (χ4n) is 1.97. The van der Waals surface area contributed by atoms with Gasteiger partial charge < -0.3 is 10.9 Å². The molecule has 2 rings (SSSR count). The van der Waals surface area contributed by atoms with Crippen LogP contribution in [0, 0.1) is 6.92 Å². The Morgan fingerprint density at radius 1 is 1.72 bits per heavy atom. The second kappa shape index (κ2) is 4.82. The maximum atomic E-state index is 12.4. The molecule has 18 heavy (non-hydrogen) atoms. The largest absolute Gasteiger partial charge is 0.409 e. The van der Waals surface area contributed by atoms with Crippen LogP contribution in [0.25, 0.3) is 0 Å². The summed E-state index contributed by atoms with van der Waals surface area (Å²) in [7, 11) is -3.60. The van der Waals surface area contributed by atoms with E-state index in [0.717, 1.165) is 11.3 Å². The van der Waals surface area contributed by atoms with Gasteiger partial charge in [-0.3, -0.25) is 0 Å². The summed E-state index contributed by atoms with van der Waals surface area (Å²) in [5, 5.41) is 12.3. The molecule has 0 spiro atoms. The lowest BCUT2D eigenvalue weighted by Gasteiger charge is -2.21. The Labute approximate surface area is 109 Å². The van der Waals surface area contributed by atoms with Crippen LogP contribution in [-0.2, 0) is 10.0 Å². The van der Waals surface area contributed by atoms with E-state index in [1.54, 1.807) is 6.92 Å². The number of hydrogen-bond acceptors (Lipinski definition) is 6. The zero-order valence-corrected chi connectivity index (χ0v) is 11.4. The third-order valence-corrected chi connectivity index (χ3v) is 6.08. The van der Waals surface area contributed by atoms with Gasteiger partial charge >= 0.3 is 0 Å². The SMILES string of the molecule is Cc1ncc(S(=O)(=O)N2CCCC2/C(N)=N/O)s1. The number of amidine groups is 1. The number of sulfonamides is 1. The molecule has 0 radical (unpaired) electrons. The number of nitrogens with two attached hydrogens (primary N) is 1. The molecular weight excluding hydrogens is 276 g/mol. The first-order valence-electron chi connectivity index (χ1n) is 5.38. The summed E-state index contributed by atoms with van der Waals surface area (Å²) < 4.78 is 26.2. The summed E-state index contributed by atoms with van der Waals surface area (Å²) in [6, 6.07) is -0.567. The van der Waals surface area contributed by atoms with Crippen LogP contribution in [0.5, 0.6) is 0 Å². The van der Waals surface area contributed by atoms with Crippen LogP contribution in [0.1, 0.15) is 17.8 Å². The van der Waals surface area contributed by atoms with Gasteiger partial charge in [0.2, 0.25) is 0 Å². The quantitative estimate of drug-likeness (QED) is 0.361. The van der Waals surface area contributed by atoms with Crippen LogP contribution in [0.3, 0.4) is 0 Å². The van der Waals surface area contributed by atoms with E-state index in [-0.39, 0.29) is 10.0 Å². The fourth-order valence-corrected chi connectivity index (χ4v) is 4.87. The molecular formula is C9H14N4O3S2. The van der Waals surface area contributed by atoms with Gasteiger partial charge in [-0.25, -0.2) is 13.4 Å². The molecule has 100 valence electrons. The van der Waals surface area contributed by atoms with Crippen molar-refractivity contribution in [2.75, 3.05) is 6.54 Å². The first-order chi connectivity index (χ1) is 8.46. The van der Waals surface area contributed by atoms with E-state index in [9.17, 15) is 8.42 Å². The molecule has 1 fully saturated rings. The molecule has 0 bridgehead atoms. The second-order valence-electron chi connectivity index (χ2n) is 4.00. The lowest BCUT2D eigenvalue weighted by atomic mass is 10.2. The van der Waals surface area contributed by atoms with E-state index >= 15 is 0 Å². The molecule has 1 aliphatic heterocycles. The molecule has 2 heterocycles. The lowest BCUT2D eigenvalue weighted by molar-refractivity contribution is 0.311. The smallest absolute Gasteiger partial charge is 0.254 e. The van der Waals surface area contributed by atoms with Gasteiger partial charge in [-0.1, -0.05) is 5.16 Å². The zero-order chi connectivity index (χ0) is 13.3. The standard InChI is InChI=1S/C9H14N4O3S2/c1-6-11-5-8(17-6)18(15,16)13-4-2-3-7(13)9(10)12-14/h5,7,14H,2-4H2,1H3,(H2,10,12). The van der Waals surface area contributed by atoms with Gasteiger partial charge in [-0.05, 0) is 19.8 Å². The second-order valence-corrected chi connectivity index (χ2v) is 7.35. The monoisotopic (exact) mass is 290 g/mol. The summed E-state index contributed by atoms with van der Waals surface area (Å²) >= 11 is 1.12. The van der Waals surface area contributed by atoms with Crippen molar-refractivity contribution in [3.05, 3.63) is 11.2 Å². The van der Waals surface area contributed by atoms with Crippen molar-refractivity contribution >= 4 is 27.2 Å². The van der Waals surface area contributed by atoms with Gasteiger partial charge in [0, 0.05) is 6.54 Å². The van der Waals surface area contributed by atoms with Crippen LogP contribution in [0.15, 0.2) is 15.6 Å². The summed E-state index contributed by atoms with van der Waals surface area (Å²) in [5.74, 6) is -0.0719. The molecule has 9 heteroatoms. The van der Waals surface area contributed by atoms with Crippen LogP contribution in [-0.4, -0.2) is 41.3 Å². The molecule has 0 aliphatic carbocycles. The van der Waals surface area contributed by atoms with Crippen molar-refractivity contribution in [2.45, 2.75) is 30.0 Å². The Hall–Kier alpha value is -1.19. The molecule has 1 unspecified atom stereocenters. The average Bonchev–Trinajstić information content (AvgIpc) is 2.96. The minimum absolute atomic E-state index is 0.0719. The van der Waals surface area contributed by atoms with Gasteiger partial charge in [0.1, 0.15) is 0 Å². The van der Waals surface area contributed by atoms with E-state index in [2.05, 4.69) is 10.1 Å². The molecule has 1 atom stereocenters. The predicted octanol–water partition coefficient (Wildman–Crippen LogP) is 0.351. The van der Waals surface area contributed by atoms with Gasteiger partial charge in [0.05, 0.1) is 17.2 Å². The van der Waals surface area contributed by atoms with Gasteiger partial charge in [0.25, 0.3) is 10.0 Å². The van der Waals surface area contributed by atoms with Crippen LogP contribution < -0.4 is 5.73 Å². The normalized spacial score (nSPS) is 22.5. The topological polar surface area (TPSA) is 109 Å². The Bertz CT molecular complexity index is 566. The van der Waals surface area contributed by atoms with E-state index in [1.807, 2.05) is 0 Å². The number of nitrogens with zero attached hydrogens (tertiary/aromatic N) is 3. The summed E-state index contributed by atoms with van der Waals surface area (Å²) in [6.45, 7) is 2.12. The minimum atomic E-state index is -3.60. The molecule has 0 amide bonds. The van der Waals surface area contributed by atoms with E-state index in [4.69, 9.17) is 10.9 Å². The third kappa shape index (κ3) is 2.20. The zero-order valence-electron chi connectivity index (χ0n) is 9.78. The number of thiazole rings is 1. The van der Waals surface area contributed by atoms with E-state index < -0.39 is 16.1 Å². The first-order valence-corrected chi connectivity index (χ1v) is 7.64. The number of hydrogen-bond donors (Lipinski definition) is 2. The Morgan fingerprint density at radius 2 is 2.44 bits per heavy atom. The van der Waals surface area contributed by atoms with Crippen LogP contribution in [0.4, 0.5) is 0 Å². The Kier molecular flexibility index (Phi) is 3.55. The fraction of sp³-hybridized carbons (Fsp3) is 0.556. The first kappa shape index (κ1) is 13.2. The van der Waals surface area contributed by atoms with Gasteiger partial charge in [0.15, 0.2) is 10.0 Å². The Morgan fingerprint density at radius 3 is 3.00 bits per heavy atom. The van der Waals surface area contributed by atoms with Crippen molar-refractivity contribution in [2.24, 2.45) is 10.9 Å². The molecule has 7 nitrogen and oxygen atoms in total. The average molecular weight is 290 g/mol. The summed E-state index contributed by atoms with van der Waals surface area (Å²) in [4.78, 5) is 3.95. The van der Waals surface area contributed by atoms with Gasteiger partial charge in [-0.15, -0.1) is 11.3 Å². The lowest BCUT2D eigenvalue weighted by Crippen LogP contribution is -2.43. The van der Waals surface area contributed by atoms with Crippen molar-refractivity contribution in [3.63, 3.8) is 0 Å². The molecule has 3 N–H and O–H groups in total. The molecule has 0 saturated carbocycles. The maximum absolute atomic E-state index is 12.4. The summed E-state index contributed by atoms with van der Waals surface area (Å²) in [5.41, 5.74) is 5.53. The number of aryl methyl sites for hydroxylation is 1. The van der Waals surface area contributed by atoms with Gasteiger partial charge in [-0.2, -0.15) is 4.31 Å². The number of aromatic nitrogens is 1. The molecule has 1 saturated heterocycles. The third-order valence-electron chi connectivity index (χ3n) is 2.82. The van der Waals surface area contributed by atoms with E-state index in [0.29, 0.717) is 24.4 Å². The highest BCUT2D eigenvalue weighted by atomic mass is 32.2. The number of oxime groups is 1. The maximum Gasteiger partial charge on any atom is 0.254 e. The molecule has 1 aliphatic rings. The van der Waals surface area contributed by atoms with Crippen LogP contribution >= 0.6 is 11.3 Å². The molecule has 0 aromatic carbocycles. The minimum Gasteiger partial charge on any atom is -0.409 e. The highest BCUT2D eigenvalue weighted by Gasteiger charge is 2.38.